The van der Waals surface area contributed by atoms with E-state index < -0.39 is 0 Å². The Morgan fingerprint density at radius 1 is 0.571 bits per heavy atom. The largest absolute Gasteiger partial charge is 0.385 e. The SMILES string of the molecule is CCCCCCCCCCCCCCNCCCCOC. The first-order valence-corrected chi connectivity index (χ1v) is 9.61. The van der Waals surface area contributed by atoms with E-state index in [0.717, 1.165) is 13.2 Å². The Bertz CT molecular complexity index is 155. The second-order valence-electron chi connectivity index (χ2n) is 6.34. The fourth-order valence-electron chi connectivity index (χ4n) is 2.71. The third kappa shape index (κ3) is 19.9. The average Bonchev–Trinajstić information content (AvgIpc) is 2.50. The molecule has 0 aromatic carbocycles. The van der Waals surface area contributed by atoms with E-state index in [1.165, 1.54) is 96.4 Å². The average molecular weight is 300 g/mol. The van der Waals surface area contributed by atoms with Crippen LogP contribution in [0.4, 0.5) is 0 Å². The molecule has 2 nitrogen and oxygen atoms in total. The van der Waals surface area contributed by atoms with Gasteiger partial charge in [0.1, 0.15) is 0 Å². The van der Waals surface area contributed by atoms with Crippen LogP contribution >= 0.6 is 0 Å². The summed E-state index contributed by atoms with van der Waals surface area (Å²) in [6, 6.07) is 0. The van der Waals surface area contributed by atoms with Crippen LogP contribution in [0.5, 0.6) is 0 Å². The second-order valence-corrected chi connectivity index (χ2v) is 6.34. The van der Waals surface area contributed by atoms with Crippen LogP contribution in [0.3, 0.4) is 0 Å². The summed E-state index contributed by atoms with van der Waals surface area (Å²) in [5.41, 5.74) is 0. The van der Waals surface area contributed by atoms with E-state index in [1.807, 2.05) is 0 Å². The molecule has 0 aliphatic carbocycles. The Balaban J connectivity index is 2.90. The number of rotatable bonds is 18. The van der Waals surface area contributed by atoms with Crippen molar-refractivity contribution in [3.63, 3.8) is 0 Å². The maximum absolute atomic E-state index is 5.04. The highest BCUT2D eigenvalue weighted by Gasteiger charge is 1.94. The van der Waals surface area contributed by atoms with Crippen LogP contribution in [0.2, 0.25) is 0 Å². The second kappa shape index (κ2) is 19.9. The van der Waals surface area contributed by atoms with Gasteiger partial charge in [-0.05, 0) is 32.4 Å². The van der Waals surface area contributed by atoms with Gasteiger partial charge in [0, 0.05) is 13.7 Å². The molecular weight excluding hydrogens is 258 g/mol. The molecule has 0 aromatic rings. The standard InChI is InChI=1S/C19H41NO/c1-3-4-5-6-7-8-9-10-11-12-13-14-17-20-18-15-16-19-21-2/h20H,3-19H2,1-2H3. The summed E-state index contributed by atoms with van der Waals surface area (Å²) >= 11 is 0. The zero-order valence-electron chi connectivity index (χ0n) is 14.9. The van der Waals surface area contributed by atoms with Crippen molar-refractivity contribution >= 4 is 0 Å². The monoisotopic (exact) mass is 299 g/mol. The molecule has 0 amide bonds. The Kier molecular flexibility index (Phi) is 19.8. The van der Waals surface area contributed by atoms with E-state index >= 15 is 0 Å². The highest BCUT2D eigenvalue weighted by Crippen LogP contribution is 2.11. The molecule has 0 spiro atoms. The van der Waals surface area contributed by atoms with E-state index in [9.17, 15) is 0 Å². The molecule has 0 saturated carbocycles. The Morgan fingerprint density at radius 3 is 1.48 bits per heavy atom. The van der Waals surface area contributed by atoms with E-state index in [0.29, 0.717) is 0 Å². The van der Waals surface area contributed by atoms with Gasteiger partial charge in [-0.25, -0.2) is 0 Å². The van der Waals surface area contributed by atoms with Crippen molar-refractivity contribution in [2.75, 3.05) is 26.8 Å². The summed E-state index contributed by atoms with van der Waals surface area (Å²) in [4.78, 5) is 0. The summed E-state index contributed by atoms with van der Waals surface area (Å²) in [6.07, 6.45) is 19.6. The predicted molar refractivity (Wildman–Crippen MR) is 95.1 cm³/mol. The molecule has 0 fully saturated rings. The summed E-state index contributed by atoms with van der Waals surface area (Å²) in [5, 5.41) is 3.52. The maximum atomic E-state index is 5.04. The number of hydrogen-bond donors (Lipinski definition) is 1. The number of ether oxygens (including phenoxy) is 1. The quantitative estimate of drug-likeness (QED) is 0.328. The zero-order chi connectivity index (χ0) is 15.4. The number of nitrogens with one attached hydrogen (secondary N) is 1. The van der Waals surface area contributed by atoms with Crippen LogP contribution in [0.1, 0.15) is 96.8 Å². The first kappa shape index (κ1) is 20.9. The lowest BCUT2D eigenvalue weighted by Gasteiger charge is -2.05. The van der Waals surface area contributed by atoms with Crippen LogP contribution < -0.4 is 5.32 Å². The molecule has 0 aliphatic rings. The smallest absolute Gasteiger partial charge is 0.0462 e. The molecule has 0 aliphatic heterocycles. The molecule has 0 aromatic heterocycles. The van der Waals surface area contributed by atoms with Crippen molar-refractivity contribution in [3.8, 4) is 0 Å². The molecule has 0 rings (SSSR count). The van der Waals surface area contributed by atoms with Gasteiger partial charge in [0.25, 0.3) is 0 Å². The number of hydrogen-bond acceptors (Lipinski definition) is 2. The van der Waals surface area contributed by atoms with Gasteiger partial charge in [0.2, 0.25) is 0 Å². The lowest BCUT2D eigenvalue weighted by atomic mass is 10.1. The lowest BCUT2D eigenvalue weighted by molar-refractivity contribution is 0.192. The van der Waals surface area contributed by atoms with Crippen molar-refractivity contribution in [2.24, 2.45) is 0 Å². The van der Waals surface area contributed by atoms with Crippen molar-refractivity contribution in [1.29, 1.82) is 0 Å². The normalized spacial score (nSPS) is 11.1. The van der Waals surface area contributed by atoms with Crippen molar-refractivity contribution in [1.82, 2.24) is 5.32 Å². The van der Waals surface area contributed by atoms with Crippen LogP contribution in [0, 0.1) is 0 Å². The van der Waals surface area contributed by atoms with Gasteiger partial charge in [-0.15, -0.1) is 0 Å². The Morgan fingerprint density at radius 2 is 1.00 bits per heavy atom. The zero-order valence-corrected chi connectivity index (χ0v) is 14.9. The molecule has 1 N–H and O–H groups in total. The van der Waals surface area contributed by atoms with Gasteiger partial charge in [-0.1, -0.05) is 77.6 Å². The first-order chi connectivity index (χ1) is 10.4. The molecule has 2 heteroatoms. The molecule has 0 unspecified atom stereocenters. The Hall–Kier alpha value is -0.0800. The third-order valence-corrected chi connectivity index (χ3v) is 4.16. The Labute approximate surface area is 134 Å². The van der Waals surface area contributed by atoms with Gasteiger partial charge >= 0.3 is 0 Å². The number of unbranched alkanes of at least 4 members (excludes halogenated alkanes) is 12. The van der Waals surface area contributed by atoms with Gasteiger partial charge in [0.15, 0.2) is 0 Å². The molecule has 128 valence electrons. The molecule has 0 heterocycles. The first-order valence-electron chi connectivity index (χ1n) is 9.61. The molecular formula is C19H41NO. The van der Waals surface area contributed by atoms with Gasteiger partial charge in [0.05, 0.1) is 0 Å². The van der Waals surface area contributed by atoms with Gasteiger partial charge < -0.3 is 10.1 Å². The van der Waals surface area contributed by atoms with Crippen LogP contribution in [0.25, 0.3) is 0 Å². The topological polar surface area (TPSA) is 21.3 Å². The molecule has 0 saturated heterocycles. The maximum Gasteiger partial charge on any atom is 0.0462 e. The van der Waals surface area contributed by atoms with Crippen LogP contribution in [0.15, 0.2) is 0 Å². The van der Waals surface area contributed by atoms with E-state index in [4.69, 9.17) is 4.74 Å². The van der Waals surface area contributed by atoms with Crippen LogP contribution in [-0.2, 0) is 4.74 Å². The summed E-state index contributed by atoms with van der Waals surface area (Å²) in [6.45, 7) is 5.54. The molecule has 0 atom stereocenters. The third-order valence-electron chi connectivity index (χ3n) is 4.16. The van der Waals surface area contributed by atoms with Gasteiger partial charge in [-0.2, -0.15) is 0 Å². The minimum absolute atomic E-state index is 0.903. The lowest BCUT2D eigenvalue weighted by Crippen LogP contribution is -2.16. The summed E-state index contributed by atoms with van der Waals surface area (Å²) in [5.74, 6) is 0. The van der Waals surface area contributed by atoms with E-state index in [2.05, 4.69) is 12.2 Å². The van der Waals surface area contributed by atoms with E-state index in [1.54, 1.807) is 7.11 Å². The molecule has 0 radical (unpaired) electrons. The van der Waals surface area contributed by atoms with E-state index in [-0.39, 0.29) is 0 Å². The molecule has 0 bridgehead atoms. The van der Waals surface area contributed by atoms with Crippen molar-refractivity contribution < 1.29 is 4.74 Å². The minimum Gasteiger partial charge on any atom is -0.385 e. The molecule has 21 heavy (non-hydrogen) atoms. The minimum atomic E-state index is 0.903. The van der Waals surface area contributed by atoms with Gasteiger partial charge in [-0.3, -0.25) is 0 Å². The summed E-state index contributed by atoms with van der Waals surface area (Å²) in [7, 11) is 1.78. The van der Waals surface area contributed by atoms with Crippen LogP contribution in [-0.4, -0.2) is 26.8 Å². The van der Waals surface area contributed by atoms with Crippen molar-refractivity contribution in [2.45, 2.75) is 96.8 Å². The number of methoxy groups -OCH3 is 1. The fraction of sp³-hybridized carbons (Fsp3) is 1.00. The predicted octanol–water partition coefficient (Wildman–Crippen LogP) is 5.70. The highest BCUT2D eigenvalue weighted by molar-refractivity contribution is 4.51. The van der Waals surface area contributed by atoms with Crippen molar-refractivity contribution in [3.05, 3.63) is 0 Å². The summed E-state index contributed by atoms with van der Waals surface area (Å²) < 4.78 is 5.04. The fourth-order valence-corrected chi connectivity index (χ4v) is 2.71. The highest BCUT2D eigenvalue weighted by atomic mass is 16.5.